The minimum atomic E-state index is -1.76. The SMILES string of the molecule is CCOC(=O)C(CC(=O)OCC(Cl)(Cl)Cl)NC(=O)OC. The van der Waals surface area contributed by atoms with Gasteiger partial charge in [-0.3, -0.25) is 4.79 Å². The average Bonchev–Trinajstić information content (AvgIpc) is 2.34. The van der Waals surface area contributed by atoms with Crippen molar-refractivity contribution in [3.8, 4) is 0 Å². The van der Waals surface area contributed by atoms with E-state index in [0.29, 0.717) is 0 Å². The first kappa shape index (κ1) is 19.1. The Balaban J connectivity index is 4.51. The van der Waals surface area contributed by atoms with Gasteiger partial charge in [0.2, 0.25) is 3.79 Å². The van der Waals surface area contributed by atoms with Gasteiger partial charge < -0.3 is 19.5 Å². The summed E-state index contributed by atoms with van der Waals surface area (Å²) in [6, 6.07) is -1.25. The van der Waals surface area contributed by atoms with E-state index >= 15 is 0 Å². The van der Waals surface area contributed by atoms with E-state index in [1.165, 1.54) is 0 Å². The Kier molecular flexibility index (Phi) is 8.68. The van der Waals surface area contributed by atoms with E-state index in [1.807, 2.05) is 0 Å². The van der Waals surface area contributed by atoms with Crippen LogP contribution in [0.25, 0.3) is 0 Å². The first-order valence-corrected chi connectivity index (χ1v) is 6.56. The number of alkyl carbamates (subject to hydrolysis) is 1. The molecule has 0 saturated carbocycles. The number of methoxy groups -OCH3 is 1. The molecule has 1 amide bonds. The number of amides is 1. The van der Waals surface area contributed by atoms with Gasteiger partial charge in [-0.25, -0.2) is 9.59 Å². The number of alkyl halides is 3. The van der Waals surface area contributed by atoms with Crippen LogP contribution in [0.4, 0.5) is 4.79 Å². The summed E-state index contributed by atoms with van der Waals surface area (Å²) in [4.78, 5) is 34.1. The van der Waals surface area contributed by atoms with Gasteiger partial charge in [-0.15, -0.1) is 0 Å². The second-order valence-electron chi connectivity index (χ2n) is 3.42. The first-order valence-electron chi connectivity index (χ1n) is 5.43. The van der Waals surface area contributed by atoms with Crippen molar-refractivity contribution in [1.82, 2.24) is 5.32 Å². The Morgan fingerprint density at radius 1 is 1.20 bits per heavy atom. The zero-order valence-electron chi connectivity index (χ0n) is 10.8. The fourth-order valence-corrected chi connectivity index (χ4v) is 1.19. The molecule has 1 atom stereocenters. The molecular formula is C10H14Cl3NO6. The van der Waals surface area contributed by atoms with Crippen molar-refractivity contribution < 1.29 is 28.6 Å². The lowest BCUT2D eigenvalue weighted by Gasteiger charge is -2.17. The molecule has 0 aromatic rings. The molecule has 0 rings (SSSR count). The minimum absolute atomic E-state index is 0.0847. The van der Waals surface area contributed by atoms with Crippen LogP contribution in [0.3, 0.4) is 0 Å². The number of esters is 2. The molecule has 0 aliphatic carbocycles. The molecule has 0 aliphatic heterocycles. The Bertz CT molecular complexity index is 357. The van der Waals surface area contributed by atoms with Gasteiger partial charge >= 0.3 is 18.0 Å². The highest BCUT2D eigenvalue weighted by molar-refractivity contribution is 6.67. The number of hydrogen-bond donors (Lipinski definition) is 1. The second kappa shape index (κ2) is 9.10. The summed E-state index contributed by atoms with van der Waals surface area (Å²) in [5, 5.41) is 2.14. The average molecular weight is 351 g/mol. The van der Waals surface area contributed by atoms with E-state index in [4.69, 9.17) is 39.5 Å². The third kappa shape index (κ3) is 9.06. The van der Waals surface area contributed by atoms with Crippen molar-refractivity contribution >= 4 is 52.8 Å². The van der Waals surface area contributed by atoms with Crippen LogP contribution >= 0.6 is 34.8 Å². The van der Waals surface area contributed by atoms with Crippen LogP contribution in [0.15, 0.2) is 0 Å². The van der Waals surface area contributed by atoms with Crippen molar-refractivity contribution in [3.63, 3.8) is 0 Å². The molecule has 0 spiro atoms. The van der Waals surface area contributed by atoms with Gasteiger partial charge in [-0.1, -0.05) is 34.8 Å². The summed E-state index contributed by atoms with van der Waals surface area (Å²) in [6.07, 6.45) is -1.37. The third-order valence-electron chi connectivity index (χ3n) is 1.82. The topological polar surface area (TPSA) is 90.9 Å². The lowest BCUT2D eigenvalue weighted by atomic mass is 10.2. The molecule has 20 heavy (non-hydrogen) atoms. The second-order valence-corrected chi connectivity index (χ2v) is 5.94. The maximum atomic E-state index is 11.6. The summed E-state index contributed by atoms with van der Waals surface area (Å²) in [7, 11) is 1.11. The molecule has 7 nitrogen and oxygen atoms in total. The number of carbonyl (C=O) groups is 3. The summed E-state index contributed by atoms with van der Waals surface area (Å²) in [5.74, 6) is -1.64. The zero-order chi connectivity index (χ0) is 15.8. The molecule has 0 saturated heterocycles. The molecule has 0 radical (unpaired) electrons. The molecule has 0 aromatic carbocycles. The maximum absolute atomic E-state index is 11.6. The lowest BCUT2D eigenvalue weighted by molar-refractivity contribution is -0.152. The largest absolute Gasteiger partial charge is 0.464 e. The Morgan fingerprint density at radius 3 is 2.25 bits per heavy atom. The van der Waals surface area contributed by atoms with Gasteiger partial charge in [-0.05, 0) is 6.92 Å². The fraction of sp³-hybridized carbons (Fsp3) is 0.700. The molecule has 0 bridgehead atoms. The van der Waals surface area contributed by atoms with Gasteiger partial charge in [0, 0.05) is 0 Å². The molecular weight excluding hydrogens is 336 g/mol. The number of hydrogen-bond acceptors (Lipinski definition) is 6. The van der Waals surface area contributed by atoms with Crippen molar-refractivity contribution in [2.24, 2.45) is 0 Å². The van der Waals surface area contributed by atoms with E-state index in [0.717, 1.165) is 7.11 Å². The van der Waals surface area contributed by atoms with Gasteiger partial charge in [0.1, 0.15) is 12.6 Å². The van der Waals surface area contributed by atoms with E-state index in [-0.39, 0.29) is 6.61 Å². The predicted molar refractivity (Wildman–Crippen MR) is 71.8 cm³/mol. The zero-order valence-corrected chi connectivity index (χ0v) is 13.0. The van der Waals surface area contributed by atoms with Crippen molar-refractivity contribution in [1.29, 1.82) is 0 Å². The maximum Gasteiger partial charge on any atom is 0.407 e. The van der Waals surface area contributed by atoms with Crippen molar-refractivity contribution in [3.05, 3.63) is 0 Å². The quantitative estimate of drug-likeness (QED) is 0.444. The van der Waals surface area contributed by atoms with Crippen LogP contribution in [-0.2, 0) is 23.8 Å². The van der Waals surface area contributed by atoms with Crippen molar-refractivity contribution in [2.45, 2.75) is 23.2 Å². The molecule has 0 aromatic heterocycles. The monoisotopic (exact) mass is 349 g/mol. The Labute approximate surface area is 130 Å². The number of nitrogens with one attached hydrogen (secondary N) is 1. The molecule has 0 heterocycles. The first-order chi connectivity index (χ1) is 9.19. The number of halogens is 3. The van der Waals surface area contributed by atoms with Crippen LogP contribution in [0.5, 0.6) is 0 Å². The Morgan fingerprint density at radius 2 is 1.80 bits per heavy atom. The summed E-state index contributed by atoms with van der Waals surface area (Å²) in [5.41, 5.74) is 0. The minimum Gasteiger partial charge on any atom is -0.464 e. The van der Waals surface area contributed by atoms with Crippen LogP contribution in [0.2, 0.25) is 0 Å². The number of rotatable bonds is 6. The van der Waals surface area contributed by atoms with Crippen molar-refractivity contribution in [2.75, 3.05) is 20.3 Å². The van der Waals surface area contributed by atoms with E-state index in [1.54, 1.807) is 6.92 Å². The molecule has 1 unspecified atom stereocenters. The highest BCUT2D eigenvalue weighted by atomic mass is 35.6. The highest BCUT2D eigenvalue weighted by Crippen LogP contribution is 2.26. The fourth-order valence-electron chi connectivity index (χ4n) is 1.03. The third-order valence-corrected chi connectivity index (χ3v) is 2.14. The summed E-state index contributed by atoms with van der Waals surface area (Å²) < 4.78 is 11.9. The van der Waals surface area contributed by atoms with Gasteiger partial charge in [0.05, 0.1) is 20.1 Å². The standard InChI is InChI=1S/C10H14Cl3NO6/c1-3-19-8(16)6(14-9(17)18-2)4-7(15)20-5-10(11,12)13/h6H,3-5H2,1-2H3,(H,14,17). The number of carbonyl (C=O) groups excluding carboxylic acids is 3. The van der Waals surface area contributed by atoms with Gasteiger partial charge in [-0.2, -0.15) is 0 Å². The van der Waals surface area contributed by atoms with Gasteiger partial charge in [0.15, 0.2) is 0 Å². The molecule has 1 N–H and O–H groups in total. The van der Waals surface area contributed by atoms with Crippen LogP contribution < -0.4 is 5.32 Å². The van der Waals surface area contributed by atoms with Crippen LogP contribution in [0.1, 0.15) is 13.3 Å². The van der Waals surface area contributed by atoms with E-state index in [9.17, 15) is 14.4 Å². The molecule has 0 fully saturated rings. The molecule has 10 heteroatoms. The van der Waals surface area contributed by atoms with Gasteiger partial charge in [0.25, 0.3) is 0 Å². The summed E-state index contributed by atoms with van der Waals surface area (Å²) >= 11 is 16.2. The van der Waals surface area contributed by atoms with Crippen LogP contribution in [0, 0.1) is 0 Å². The predicted octanol–water partition coefficient (Wildman–Crippen LogP) is 1.58. The normalized spacial score (nSPS) is 12.2. The van der Waals surface area contributed by atoms with E-state index in [2.05, 4.69) is 14.8 Å². The molecule has 116 valence electrons. The number of ether oxygens (including phenoxy) is 3. The summed E-state index contributed by atoms with van der Waals surface area (Å²) in [6.45, 7) is 1.18. The molecule has 0 aliphatic rings. The Hall–Kier alpha value is -0.920. The lowest BCUT2D eigenvalue weighted by Crippen LogP contribution is -2.43. The van der Waals surface area contributed by atoms with Crippen LogP contribution in [-0.4, -0.2) is 48.2 Å². The highest BCUT2D eigenvalue weighted by Gasteiger charge is 2.28. The van der Waals surface area contributed by atoms with E-state index < -0.39 is 40.9 Å². The smallest absolute Gasteiger partial charge is 0.407 e.